The highest BCUT2D eigenvalue weighted by Crippen LogP contribution is 2.24. The minimum absolute atomic E-state index is 0.140. The number of hydrogen-bond donors (Lipinski definition) is 0. The third-order valence-electron chi connectivity index (χ3n) is 3.96. The smallest absolute Gasteiger partial charge is 0.254 e. The molecule has 1 aromatic rings. The van der Waals surface area contributed by atoms with Gasteiger partial charge in [-0.2, -0.15) is 0 Å². The van der Waals surface area contributed by atoms with Gasteiger partial charge in [0, 0.05) is 24.0 Å². The third kappa shape index (κ3) is 2.69. The fourth-order valence-corrected chi connectivity index (χ4v) is 2.74. The quantitative estimate of drug-likeness (QED) is 0.747. The molecule has 1 amide bonds. The van der Waals surface area contributed by atoms with Gasteiger partial charge < -0.3 is 4.90 Å². The van der Waals surface area contributed by atoms with Crippen LogP contribution in [-0.4, -0.2) is 23.4 Å². The van der Waals surface area contributed by atoms with E-state index in [0.29, 0.717) is 17.8 Å². The minimum Gasteiger partial charge on any atom is -0.336 e. The largest absolute Gasteiger partial charge is 0.336 e. The van der Waals surface area contributed by atoms with E-state index in [9.17, 15) is 4.79 Å². The molecule has 18 heavy (non-hydrogen) atoms. The first kappa shape index (κ1) is 13.4. The van der Waals surface area contributed by atoms with Crippen LogP contribution in [0.2, 0.25) is 0 Å². The lowest BCUT2D eigenvalue weighted by Gasteiger charge is -2.38. The Morgan fingerprint density at radius 3 is 2.94 bits per heavy atom. The van der Waals surface area contributed by atoms with Gasteiger partial charge in [0.25, 0.3) is 5.91 Å². The Labute approximate surface area is 114 Å². The molecule has 0 spiro atoms. The van der Waals surface area contributed by atoms with Crippen molar-refractivity contribution in [2.24, 2.45) is 5.92 Å². The third-order valence-corrected chi connectivity index (χ3v) is 4.27. The van der Waals surface area contributed by atoms with E-state index in [4.69, 9.17) is 11.6 Å². The van der Waals surface area contributed by atoms with Gasteiger partial charge in [-0.05, 0) is 43.4 Å². The molecule has 98 valence electrons. The molecule has 1 fully saturated rings. The highest BCUT2D eigenvalue weighted by atomic mass is 35.5. The number of carbonyl (C=O) groups is 1. The molecule has 0 bridgehead atoms. The molecule has 0 aliphatic carbocycles. The summed E-state index contributed by atoms with van der Waals surface area (Å²) in [5.74, 6) is 1.17. The van der Waals surface area contributed by atoms with Gasteiger partial charge >= 0.3 is 0 Å². The van der Waals surface area contributed by atoms with Crippen LogP contribution in [0.3, 0.4) is 0 Å². The lowest BCUT2D eigenvalue weighted by atomic mass is 9.91. The van der Waals surface area contributed by atoms with Gasteiger partial charge in [0.2, 0.25) is 0 Å². The average molecular weight is 266 g/mol. The number of likely N-dealkylation sites (tertiary alicyclic amines) is 1. The summed E-state index contributed by atoms with van der Waals surface area (Å²) in [7, 11) is 0. The fraction of sp³-hybridized carbons (Fsp3) is 0.533. The van der Waals surface area contributed by atoms with Crippen LogP contribution in [0.5, 0.6) is 0 Å². The van der Waals surface area contributed by atoms with Crippen molar-refractivity contribution in [2.75, 3.05) is 6.54 Å². The SMILES string of the molecule is CC1CCCN(C(=O)c2cccc(CCl)c2)C1C. The maximum Gasteiger partial charge on any atom is 0.254 e. The number of rotatable bonds is 2. The Bertz CT molecular complexity index is 432. The van der Waals surface area contributed by atoms with Crippen molar-refractivity contribution in [3.63, 3.8) is 0 Å². The molecule has 1 aliphatic rings. The summed E-state index contributed by atoms with van der Waals surface area (Å²) in [4.78, 5) is 14.5. The van der Waals surface area contributed by atoms with Crippen molar-refractivity contribution in [1.82, 2.24) is 4.90 Å². The average Bonchev–Trinajstić information content (AvgIpc) is 2.41. The van der Waals surface area contributed by atoms with E-state index >= 15 is 0 Å². The van der Waals surface area contributed by atoms with Crippen LogP contribution in [0.4, 0.5) is 0 Å². The topological polar surface area (TPSA) is 20.3 Å². The number of nitrogens with zero attached hydrogens (tertiary/aromatic N) is 1. The predicted octanol–water partition coefficient (Wildman–Crippen LogP) is 3.69. The number of piperidine rings is 1. The molecule has 1 saturated heterocycles. The summed E-state index contributed by atoms with van der Waals surface area (Å²) in [5.41, 5.74) is 1.76. The van der Waals surface area contributed by atoms with E-state index < -0.39 is 0 Å². The van der Waals surface area contributed by atoms with Crippen LogP contribution >= 0.6 is 11.6 Å². The number of alkyl halides is 1. The van der Waals surface area contributed by atoms with Gasteiger partial charge in [0.15, 0.2) is 0 Å². The van der Waals surface area contributed by atoms with E-state index in [1.54, 1.807) is 0 Å². The lowest BCUT2D eigenvalue weighted by molar-refractivity contribution is 0.0551. The molecule has 3 heteroatoms. The molecule has 1 aromatic carbocycles. The first-order valence-electron chi connectivity index (χ1n) is 6.59. The van der Waals surface area contributed by atoms with Crippen LogP contribution in [0, 0.1) is 5.92 Å². The second-order valence-electron chi connectivity index (χ2n) is 5.19. The monoisotopic (exact) mass is 265 g/mol. The van der Waals surface area contributed by atoms with Crippen LogP contribution in [-0.2, 0) is 5.88 Å². The second kappa shape index (κ2) is 5.75. The predicted molar refractivity (Wildman–Crippen MR) is 74.9 cm³/mol. The molecule has 0 N–H and O–H groups in total. The van der Waals surface area contributed by atoms with Gasteiger partial charge in [-0.3, -0.25) is 4.79 Å². The Balaban J connectivity index is 2.19. The highest BCUT2D eigenvalue weighted by molar-refractivity contribution is 6.17. The summed E-state index contributed by atoms with van der Waals surface area (Å²) in [5, 5.41) is 0. The van der Waals surface area contributed by atoms with Crippen molar-refractivity contribution >= 4 is 17.5 Å². The van der Waals surface area contributed by atoms with Gasteiger partial charge in [0.05, 0.1) is 0 Å². The number of carbonyl (C=O) groups excluding carboxylic acids is 1. The van der Waals surface area contributed by atoms with Gasteiger partial charge in [-0.15, -0.1) is 11.6 Å². The zero-order chi connectivity index (χ0) is 13.1. The molecule has 0 radical (unpaired) electrons. The standard InChI is InChI=1S/C15H20ClNO/c1-11-5-4-8-17(12(11)2)15(18)14-7-3-6-13(9-14)10-16/h3,6-7,9,11-12H,4-5,8,10H2,1-2H3. The summed E-state index contributed by atoms with van der Waals surface area (Å²) in [6.07, 6.45) is 2.32. The van der Waals surface area contributed by atoms with E-state index in [1.165, 1.54) is 6.42 Å². The summed E-state index contributed by atoms with van der Waals surface area (Å²) in [6.45, 7) is 5.24. The molecule has 2 atom stereocenters. The molecule has 2 unspecified atom stereocenters. The molecule has 2 rings (SSSR count). The van der Waals surface area contributed by atoms with Crippen LogP contribution < -0.4 is 0 Å². The molecule has 1 heterocycles. The van der Waals surface area contributed by atoms with Crippen LogP contribution in [0.25, 0.3) is 0 Å². The molecule has 1 aliphatic heterocycles. The minimum atomic E-state index is 0.140. The maximum absolute atomic E-state index is 12.5. The molecule has 0 saturated carbocycles. The van der Waals surface area contributed by atoms with E-state index in [0.717, 1.165) is 24.1 Å². The van der Waals surface area contributed by atoms with Crippen molar-refractivity contribution in [3.8, 4) is 0 Å². The zero-order valence-corrected chi connectivity index (χ0v) is 11.8. The van der Waals surface area contributed by atoms with E-state index in [-0.39, 0.29) is 5.91 Å². The molecule has 2 nitrogen and oxygen atoms in total. The molecule has 0 aromatic heterocycles. The van der Waals surface area contributed by atoms with Gasteiger partial charge in [0.1, 0.15) is 0 Å². The van der Waals surface area contributed by atoms with Crippen molar-refractivity contribution in [1.29, 1.82) is 0 Å². The van der Waals surface area contributed by atoms with Crippen molar-refractivity contribution in [2.45, 2.75) is 38.6 Å². The van der Waals surface area contributed by atoms with E-state index in [2.05, 4.69) is 13.8 Å². The van der Waals surface area contributed by atoms with E-state index in [1.807, 2.05) is 29.2 Å². The summed E-state index contributed by atoms with van der Waals surface area (Å²) < 4.78 is 0. The normalized spacial score (nSPS) is 24.1. The van der Waals surface area contributed by atoms with Crippen molar-refractivity contribution < 1.29 is 4.79 Å². The molecular weight excluding hydrogens is 246 g/mol. The summed E-state index contributed by atoms with van der Waals surface area (Å²) >= 11 is 5.82. The maximum atomic E-state index is 12.5. The van der Waals surface area contributed by atoms with Gasteiger partial charge in [-0.1, -0.05) is 19.1 Å². The van der Waals surface area contributed by atoms with Crippen LogP contribution in [0.1, 0.15) is 42.6 Å². The molecular formula is C15H20ClNO. The Hall–Kier alpha value is -1.02. The number of halogens is 1. The Morgan fingerprint density at radius 1 is 1.44 bits per heavy atom. The first-order chi connectivity index (χ1) is 8.63. The van der Waals surface area contributed by atoms with Crippen molar-refractivity contribution in [3.05, 3.63) is 35.4 Å². The Kier molecular flexibility index (Phi) is 4.28. The second-order valence-corrected chi connectivity index (χ2v) is 5.46. The number of benzene rings is 1. The van der Waals surface area contributed by atoms with Gasteiger partial charge in [-0.25, -0.2) is 0 Å². The fourth-order valence-electron chi connectivity index (χ4n) is 2.58. The highest BCUT2D eigenvalue weighted by Gasteiger charge is 2.28. The number of amides is 1. The zero-order valence-electron chi connectivity index (χ0n) is 11.0. The Morgan fingerprint density at radius 2 is 2.22 bits per heavy atom. The lowest BCUT2D eigenvalue weighted by Crippen LogP contribution is -2.46. The van der Waals surface area contributed by atoms with Crippen LogP contribution in [0.15, 0.2) is 24.3 Å². The summed E-state index contributed by atoms with van der Waals surface area (Å²) in [6, 6.07) is 7.96. The number of hydrogen-bond acceptors (Lipinski definition) is 1. The first-order valence-corrected chi connectivity index (χ1v) is 7.13.